The van der Waals surface area contributed by atoms with Crippen LogP contribution in [-0.4, -0.2) is 72.6 Å². The lowest BCUT2D eigenvalue weighted by atomic mass is 9.84. The second-order valence-electron chi connectivity index (χ2n) is 12.8. The zero-order chi connectivity index (χ0) is 33.3. The molecule has 3 aromatic carbocycles. The number of benzene rings is 3. The van der Waals surface area contributed by atoms with E-state index in [2.05, 4.69) is 0 Å². The second-order valence-corrected chi connectivity index (χ2v) is 12.8. The second kappa shape index (κ2) is 16.5. The summed E-state index contributed by atoms with van der Waals surface area (Å²) in [6.07, 6.45) is 2.82. The van der Waals surface area contributed by atoms with Gasteiger partial charge in [-0.15, -0.1) is 0 Å². The molecule has 2 heterocycles. The van der Waals surface area contributed by atoms with Crippen molar-refractivity contribution in [3.63, 3.8) is 0 Å². The van der Waals surface area contributed by atoms with Crippen molar-refractivity contribution in [3.8, 4) is 5.75 Å². The third kappa shape index (κ3) is 9.26. The summed E-state index contributed by atoms with van der Waals surface area (Å²) in [7, 11) is 0. The van der Waals surface area contributed by atoms with Crippen molar-refractivity contribution >= 4 is 11.7 Å². The summed E-state index contributed by atoms with van der Waals surface area (Å²) in [5, 5.41) is 9.19. The zero-order valence-electron chi connectivity index (χ0n) is 27.0. The van der Waals surface area contributed by atoms with E-state index in [0.29, 0.717) is 56.2 Å². The van der Waals surface area contributed by atoms with Crippen LogP contribution < -0.4 is 9.64 Å². The van der Waals surface area contributed by atoms with Crippen LogP contribution in [0.4, 0.5) is 23.2 Å². The predicted octanol–water partition coefficient (Wildman–Crippen LogP) is 7.69. The van der Waals surface area contributed by atoms with Crippen LogP contribution in [0.2, 0.25) is 0 Å². The number of hydrogen-bond acceptors (Lipinski definition) is 5. The summed E-state index contributed by atoms with van der Waals surface area (Å²) >= 11 is 0. The third-order valence-corrected chi connectivity index (χ3v) is 9.29. The fourth-order valence-corrected chi connectivity index (χ4v) is 6.97. The number of anilines is 1. The molecular formula is C37H45F4N3O3. The molecule has 2 atom stereocenters. The molecule has 3 aromatic rings. The van der Waals surface area contributed by atoms with Gasteiger partial charge in [0.2, 0.25) is 0 Å². The van der Waals surface area contributed by atoms with E-state index in [-0.39, 0.29) is 18.2 Å². The molecule has 47 heavy (non-hydrogen) atoms. The van der Waals surface area contributed by atoms with Gasteiger partial charge in [0, 0.05) is 30.4 Å². The van der Waals surface area contributed by atoms with Crippen molar-refractivity contribution in [1.82, 2.24) is 9.80 Å². The van der Waals surface area contributed by atoms with Crippen molar-refractivity contribution in [2.24, 2.45) is 0 Å². The molecule has 0 aliphatic carbocycles. The molecule has 2 aliphatic heterocycles. The smallest absolute Gasteiger partial charge is 0.317 e. The van der Waals surface area contributed by atoms with Crippen molar-refractivity contribution in [3.05, 3.63) is 94.6 Å². The van der Waals surface area contributed by atoms with Gasteiger partial charge in [-0.05, 0) is 93.1 Å². The number of halogens is 4. The number of carboxylic acids is 1. The fraction of sp³-hybridized carbons (Fsp3) is 0.486. The minimum atomic E-state index is -2.67. The highest BCUT2D eigenvalue weighted by atomic mass is 19.3. The number of carboxylic acid groups (broad SMARTS) is 1. The first-order chi connectivity index (χ1) is 22.7. The Morgan fingerprint density at radius 2 is 1.53 bits per heavy atom. The number of fused-ring (bicyclic) bond motifs is 1. The summed E-state index contributed by atoms with van der Waals surface area (Å²) in [5.74, 6) is -1.70. The largest absolute Gasteiger partial charge is 0.489 e. The molecule has 254 valence electrons. The Morgan fingerprint density at radius 3 is 2.15 bits per heavy atom. The van der Waals surface area contributed by atoms with Crippen LogP contribution >= 0.6 is 0 Å². The van der Waals surface area contributed by atoms with Crippen LogP contribution in [0, 0.1) is 11.6 Å². The van der Waals surface area contributed by atoms with E-state index in [0.717, 1.165) is 49.7 Å². The number of hydrogen-bond donors (Lipinski definition) is 1. The topological polar surface area (TPSA) is 56.3 Å². The quantitative estimate of drug-likeness (QED) is 0.239. The van der Waals surface area contributed by atoms with E-state index in [1.807, 2.05) is 53.1 Å². The highest BCUT2D eigenvalue weighted by Gasteiger charge is 2.38. The Hall–Kier alpha value is -3.63. The van der Waals surface area contributed by atoms with Crippen molar-refractivity contribution in [1.29, 1.82) is 0 Å². The SMILES string of the molecule is C[C@@H]1Cc2cc(OCc3ccccc3)ccc2C(c2c(F)cc(N3CCCCCN(CC(=O)O)CCCCC3)cc2F)N1CC(F)F. The molecular weight excluding hydrogens is 610 g/mol. The molecule has 5 rings (SSSR count). The van der Waals surface area contributed by atoms with Crippen LogP contribution in [0.15, 0.2) is 60.7 Å². The maximum atomic E-state index is 16.2. The Balaban J connectivity index is 1.38. The van der Waals surface area contributed by atoms with Gasteiger partial charge in [-0.3, -0.25) is 14.6 Å². The Bertz CT molecular complexity index is 1440. The van der Waals surface area contributed by atoms with Crippen molar-refractivity contribution < 1.29 is 32.2 Å². The molecule has 6 nitrogen and oxygen atoms in total. The van der Waals surface area contributed by atoms with E-state index < -0.39 is 36.6 Å². The number of carbonyl (C=O) groups is 1. The first-order valence-electron chi connectivity index (χ1n) is 16.7. The number of rotatable bonds is 9. The molecule has 0 bridgehead atoms. The summed E-state index contributed by atoms with van der Waals surface area (Å²) < 4.78 is 66.2. The van der Waals surface area contributed by atoms with Crippen LogP contribution in [0.25, 0.3) is 0 Å². The molecule has 1 N–H and O–H groups in total. The van der Waals surface area contributed by atoms with E-state index in [4.69, 9.17) is 4.74 Å². The molecule has 1 saturated heterocycles. The number of nitrogens with zero attached hydrogens (tertiary/aromatic N) is 3. The Labute approximate surface area is 274 Å². The van der Waals surface area contributed by atoms with Crippen LogP contribution in [0.3, 0.4) is 0 Å². The predicted molar refractivity (Wildman–Crippen MR) is 175 cm³/mol. The van der Waals surface area contributed by atoms with Gasteiger partial charge in [0.15, 0.2) is 0 Å². The molecule has 0 spiro atoms. The number of alkyl halides is 2. The third-order valence-electron chi connectivity index (χ3n) is 9.29. The van der Waals surface area contributed by atoms with Crippen LogP contribution in [0.5, 0.6) is 5.75 Å². The first-order valence-corrected chi connectivity index (χ1v) is 16.7. The van der Waals surface area contributed by atoms with E-state index in [9.17, 15) is 18.7 Å². The van der Waals surface area contributed by atoms with Crippen LogP contribution in [0.1, 0.15) is 73.7 Å². The van der Waals surface area contributed by atoms with Gasteiger partial charge in [-0.25, -0.2) is 17.6 Å². The lowest BCUT2D eigenvalue weighted by molar-refractivity contribution is -0.138. The Morgan fingerprint density at radius 1 is 0.894 bits per heavy atom. The average molecular weight is 656 g/mol. The summed E-state index contributed by atoms with van der Waals surface area (Å²) in [6, 6.07) is 16.4. The monoisotopic (exact) mass is 655 g/mol. The molecule has 0 aromatic heterocycles. The van der Waals surface area contributed by atoms with Gasteiger partial charge >= 0.3 is 5.97 Å². The minimum absolute atomic E-state index is 0.0409. The van der Waals surface area contributed by atoms with Gasteiger partial charge in [0.25, 0.3) is 6.43 Å². The lowest BCUT2D eigenvalue weighted by Gasteiger charge is -2.42. The molecule has 10 heteroatoms. The van der Waals surface area contributed by atoms with Gasteiger partial charge in [0.1, 0.15) is 24.0 Å². The Kier molecular flexibility index (Phi) is 12.2. The van der Waals surface area contributed by atoms with Gasteiger partial charge in [0.05, 0.1) is 19.1 Å². The molecule has 0 amide bonds. The number of ether oxygens (including phenoxy) is 1. The van der Waals surface area contributed by atoms with Gasteiger partial charge in [-0.1, -0.05) is 49.2 Å². The van der Waals surface area contributed by atoms with Crippen molar-refractivity contribution in [2.45, 2.75) is 77.0 Å². The molecule has 0 saturated carbocycles. The highest BCUT2D eigenvalue weighted by Crippen LogP contribution is 2.42. The maximum absolute atomic E-state index is 16.2. The molecule has 1 unspecified atom stereocenters. The number of aliphatic carboxylic acids is 1. The molecule has 0 radical (unpaired) electrons. The van der Waals surface area contributed by atoms with Crippen molar-refractivity contribution in [2.75, 3.05) is 44.2 Å². The summed E-state index contributed by atoms with van der Waals surface area (Å²) in [5.41, 5.74) is 2.66. The molecule has 2 aliphatic rings. The summed E-state index contributed by atoms with van der Waals surface area (Å²) in [6.45, 7) is 4.27. The summed E-state index contributed by atoms with van der Waals surface area (Å²) in [4.78, 5) is 16.7. The van der Waals surface area contributed by atoms with Gasteiger partial charge in [-0.2, -0.15) is 0 Å². The molecule has 1 fully saturated rings. The first kappa shape index (κ1) is 34.7. The highest BCUT2D eigenvalue weighted by molar-refractivity contribution is 5.69. The minimum Gasteiger partial charge on any atom is -0.489 e. The van der Waals surface area contributed by atoms with E-state index in [1.54, 1.807) is 12.1 Å². The van der Waals surface area contributed by atoms with E-state index in [1.165, 1.54) is 17.0 Å². The standard InChI is InChI=1S/C37H45F4N3O3/c1-26-19-28-20-30(47-25-27-11-5-2-6-12-27)13-14-31(28)37(44(26)23-34(40)41)36-32(38)21-29(22-33(36)39)43-17-9-3-7-15-42(24-35(45)46)16-8-4-10-18-43/h2,5-6,11-14,20-22,26,34,37H,3-4,7-10,15-19,23-25H2,1H3,(H,45,46)/t26-,37?/m1/s1. The average Bonchev–Trinajstić information content (AvgIpc) is 3.02. The fourth-order valence-electron chi connectivity index (χ4n) is 6.97. The normalized spacial score (nSPS) is 20.3. The lowest BCUT2D eigenvalue weighted by Crippen LogP contribution is -2.45. The van der Waals surface area contributed by atoms with Gasteiger partial charge < -0.3 is 14.7 Å². The van der Waals surface area contributed by atoms with E-state index >= 15 is 8.78 Å². The zero-order valence-corrected chi connectivity index (χ0v) is 27.0. The van der Waals surface area contributed by atoms with Crippen LogP contribution in [-0.2, 0) is 17.8 Å². The maximum Gasteiger partial charge on any atom is 0.317 e.